The molecule has 0 atom stereocenters. The minimum Gasteiger partial charge on any atom is -0.357 e. The van der Waals surface area contributed by atoms with Gasteiger partial charge in [-0.3, -0.25) is 0 Å². The molecule has 0 unspecified atom stereocenters. The van der Waals surface area contributed by atoms with Gasteiger partial charge in [-0.2, -0.15) is 0 Å². The van der Waals surface area contributed by atoms with Gasteiger partial charge < -0.3 is 15.5 Å². The quantitative estimate of drug-likeness (QED) is 0.376. The van der Waals surface area contributed by atoms with Crippen LogP contribution in [-0.4, -0.2) is 30.6 Å². The molecule has 0 aliphatic carbocycles. The average molecular weight is 479 g/mol. The van der Waals surface area contributed by atoms with Crippen molar-refractivity contribution in [3.63, 3.8) is 0 Å². The second kappa shape index (κ2) is 11.1. The first-order valence-corrected chi connectivity index (χ1v) is 9.52. The zero-order valence-corrected chi connectivity index (χ0v) is 18.6. The van der Waals surface area contributed by atoms with Crippen molar-refractivity contribution in [1.29, 1.82) is 0 Å². The van der Waals surface area contributed by atoms with Crippen molar-refractivity contribution >= 4 is 35.8 Å². The van der Waals surface area contributed by atoms with Gasteiger partial charge in [0.1, 0.15) is 5.82 Å². The minimum absolute atomic E-state index is 0. The number of halogens is 1. The third kappa shape index (κ3) is 6.68. The molecule has 0 saturated carbocycles. The van der Waals surface area contributed by atoms with E-state index in [0.29, 0.717) is 6.54 Å². The lowest BCUT2D eigenvalue weighted by Crippen LogP contribution is -2.36. The van der Waals surface area contributed by atoms with Crippen LogP contribution in [-0.2, 0) is 13.1 Å². The van der Waals surface area contributed by atoms with Gasteiger partial charge in [0, 0.05) is 32.4 Å². The predicted molar refractivity (Wildman–Crippen MR) is 124 cm³/mol. The van der Waals surface area contributed by atoms with E-state index in [9.17, 15) is 0 Å². The summed E-state index contributed by atoms with van der Waals surface area (Å²) in [5.41, 5.74) is 3.72. The van der Waals surface area contributed by atoms with Gasteiger partial charge in [0.15, 0.2) is 5.96 Å². The monoisotopic (exact) mass is 479 g/mol. The van der Waals surface area contributed by atoms with Crippen LogP contribution in [0, 0.1) is 6.92 Å². The third-order valence-corrected chi connectivity index (χ3v) is 4.58. The van der Waals surface area contributed by atoms with Crippen LogP contribution in [0.5, 0.6) is 0 Å². The molecule has 2 heterocycles. The number of hydrogen-bond donors (Lipinski definition) is 2. The summed E-state index contributed by atoms with van der Waals surface area (Å²) in [7, 11) is 0. The van der Waals surface area contributed by atoms with Gasteiger partial charge in [0.25, 0.3) is 0 Å². The minimum atomic E-state index is 0. The maximum Gasteiger partial charge on any atom is 0.191 e. The van der Waals surface area contributed by atoms with Crippen molar-refractivity contribution in [1.82, 2.24) is 15.6 Å². The zero-order valence-electron chi connectivity index (χ0n) is 16.2. The van der Waals surface area contributed by atoms with E-state index >= 15 is 0 Å². The van der Waals surface area contributed by atoms with E-state index in [-0.39, 0.29) is 24.0 Å². The molecule has 0 radical (unpaired) electrons. The molecule has 2 aromatic rings. The Hall–Kier alpha value is -1.83. The van der Waals surface area contributed by atoms with Gasteiger partial charge in [-0.1, -0.05) is 29.8 Å². The van der Waals surface area contributed by atoms with Crippen LogP contribution in [0.4, 0.5) is 5.82 Å². The van der Waals surface area contributed by atoms with Crippen LogP contribution in [0.1, 0.15) is 36.5 Å². The van der Waals surface area contributed by atoms with Gasteiger partial charge in [-0.25, -0.2) is 9.98 Å². The van der Waals surface area contributed by atoms with Crippen molar-refractivity contribution in [2.75, 3.05) is 24.5 Å². The normalized spacial score (nSPS) is 14.0. The van der Waals surface area contributed by atoms with E-state index in [2.05, 4.69) is 64.7 Å². The van der Waals surface area contributed by atoms with Gasteiger partial charge in [0.05, 0.1) is 6.54 Å². The Kier molecular flexibility index (Phi) is 8.84. The highest BCUT2D eigenvalue weighted by Gasteiger charge is 2.13. The molecule has 5 nitrogen and oxygen atoms in total. The maximum atomic E-state index is 4.73. The van der Waals surface area contributed by atoms with E-state index in [1.165, 1.54) is 29.5 Å². The van der Waals surface area contributed by atoms with Crippen LogP contribution in [0.15, 0.2) is 47.6 Å². The average Bonchev–Trinajstić information content (AvgIpc) is 3.20. The first kappa shape index (κ1) is 21.5. The van der Waals surface area contributed by atoms with Crippen molar-refractivity contribution in [3.05, 3.63) is 59.3 Å². The highest BCUT2D eigenvalue weighted by molar-refractivity contribution is 14.0. The Morgan fingerprint density at radius 3 is 2.52 bits per heavy atom. The molecule has 6 heteroatoms. The Morgan fingerprint density at radius 1 is 1.07 bits per heavy atom. The molecule has 1 saturated heterocycles. The number of aromatic nitrogens is 1. The standard InChI is InChI=1S/C21H29N5.HI/c1-3-22-21(24-15-18-8-6-17(2)7-9-18)25-16-19-10-11-23-20(14-19)26-12-4-5-13-26;/h6-11,14H,3-5,12-13,15-16H2,1-2H3,(H2,22,24,25);1H. The second-order valence-corrected chi connectivity index (χ2v) is 6.75. The summed E-state index contributed by atoms with van der Waals surface area (Å²) in [6.07, 6.45) is 4.42. The fourth-order valence-corrected chi connectivity index (χ4v) is 3.08. The third-order valence-electron chi connectivity index (χ3n) is 4.58. The largest absolute Gasteiger partial charge is 0.357 e. The highest BCUT2D eigenvalue weighted by atomic mass is 127. The molecule has 1 aromatic heterocycles. The molecule has 0 spiro atoms. The molecule has 1 fully saturated rings. The van der Waals surface area contributed by atoms with Gasteiger partial charge >= 0.3 is 0 Å². The number of hydrogen-bond acceptors (Lipinski definition) is 3. The molecule has 1 aliphatic rings. The van der Waals surface area contributed by atoms with Crippen LogP contribution in [0.25, 0.3) is 0 Å². The highest BCUT2D eigenvalue weighted by Crippen LogP contribution is 2.18. The summed E-state index contributed by atoms with van der Waals surface area (Å²) in [6.45, 7) is 8.67. The van der Waals surface area contributed by atoms with Gasteiger partial charge in [-0.05, 0) is 49.9 Å². The van der Waals surface area contributed by atoms with Crippen molar-refractivity contribution in [2.24, 2.45) is 4.99 Å². The fourth-order valence-electron chi connectivity index (χ4n) is 3.08. The Balaban J connectivity index is 0.00000261. The van der Waals surface area contributed by atoms with E-state index in [1.807, 2.05) is 12.3 Å². The summed E-state index contributed by atoms with van der Waals surface area (Å²) >= 11 is 0. The number of nitrogens with one attached hydrogen (secondary N) is 2. The topological polar surface area (TPSA) is 52.6 Å². The molecule has 27 heavy (non-hydrogen) atoms. The number of rotatable bonds is 6. The number of anilines is 1. The van der Waals surface area contributed by atoms with E-state index in [1.54, 1.807) is 0 Å². The molecular weight excluding hydrogens is 449 g/mol. The van der Waals surface area contributed by atoms with Gasteiger partial charge in [0.2, 0.25) is 0 Å². The van der Waals surface area contributed by atoms with Crippen LogP contribution in [0.2, 0.25) is 0 Å². The Morgan fingerprint density at radius 2 is 1.81 bits per heavy atom. The number of nitrogens with zero attached hydrogens (tertiary/aromatic N) is 3. The SMILES string of the molecule is CCNC(=NCc1ccnc(N2CCCC2)c1)NCc1ccc(C)cc1.I. The van der Waals surface area contributed by atoms with Crippen LogP contribution >= 0.6 is 24.0 Å². The molecule has 146 valence electrons. The lowest BCUT2D eigenvalue weighted by molar-refractivity contribution is 0.815. The molecule has 2 N–H and O–H groups in total. The Labute approximate surface area is 179 Å². The fraction of sp³-hybridized carbons (Fsp3) is 0.429. The lowest BCUT2D eigenvalue weighted by Gasteiger charge is -2.16. The van der Waals surface area contributed by atoms with Crippen LogP contribution < -0.4 is 15.5 Å². The Bertz CT molecular complexity index is 724. The van der Waals surface area contributed by atoms with E-state index in [0.717, 1.165) is 38.0 Å². The van der Waals surface area contributed by atoms with Crippen LogP contribution in [0.3, 0.4) is 0 Å². The molecule has 1 aliphatic heterocycles. The smallest absolute Gasteiger partial charge is 0.191 e. The van der Waals surface area contributed by atoms with Gasteiger partial charge in [-0.15, -0.1) is 24.0 Å². The number of aryl methyl sites for hydroxylation is 1. The molecule has 1 aromatic carbocycles. The molecule has 3 rings (SSSR count). The molecule has 0 bridgehead atoms. The summed E-state index contributed by atoms with van der Waals surface area (Å²) in [5.74, 6) is 1.92. The van der Waals surface area contributed by atoms with E-state index < -0.39 is 0 Å². The van der Waals surface area contributed by atoms with Crippen molar-refractivity contribution in [2.45, 2.75) is 39.8 Å². The number of guanidine groups is 1. The van der Waals surface area contributed by atoms with E-state index in [4.69, 9.17) is 4.99 Å². The molecule has 0 amide bonds. The maximum absolute atomic E-state index is 4.73. The first-order chi connectivity index (χ1) is 12.7. The second-order valence-electron chi connectivity index (χ2n) is 6.75. The predicted octanol–water partition coefficient (Wildman–Crippen LogP) is 3.86. The summed E-state index contributed by atoms with van der Waals surface area (Å²) in [4.78, 5) is 11.6. The lowest BCUT2D eigenvalue weighted by atomic mass is 10.1. The summed E-state index contributed by atoms with van der Waals surface area (Å²) in [6, 6.07) is 12.8. The first-order valence-electron chi connectivity index (χ1n) is 9.52. The van der Waals surface area contributed by atoms with Crippen molar-refractivity contribution < 1.29 is 0 Å². The number of pyridine rings is 1. The summed E-state index contributed by atoms with van der Waals surface area (Å²) < 4.78 is 0. The number of benzene rings is 1. The molecular formula is C21H30IN5. The number of aliphatic imine (C=N–C) groups is 1. The summed E-state index contributed by atoms with van der Waals surface area (Å²) in [5, 5.41) is 6.73. The van der Waals surface area contributed by atoms with Crippen molar-refractivity contribution in [3.8, 4) is 0 Å². The zero-order chi connectivity index (χ0) is 18.2.